The average molecular weight is 434 g/mol. The number of nitrogens with zero attached hydrogens (tertiary/aromatic N) is 3. The number of piperidine rings is 2. The smallest absolute Gasteiger partial charge is 0.409 e. The summed E-state index contributed by atoms with van der Waals surface area (Å²) in [4.78, 5) is 18.9. The molecule has 6 nitrogen and oxygen atoms in total. The molecule has 0 radical (unpaired) electrons. The molecule has 4 rings (SSSR count). The number of fused-ring (bicyclic) bond motifs is 2. The fourth-order valence-electron chi connectivity index (χ4n) is 5.58. The predicted octanol–water partition coefficient (Wildman–Crippen LogP) is 3.64. The molecular weight excluding hydrogens is 397 g/mol. The molecule has 0 aromatic heterocycles. The Balaban J connectivity index is 1.36. The second-order valence-electron chi connectivity index (χ2n) is 9.22. The normalized spacial score (nSPS) is 21.5. The van der Waals surface area contributed by atoms with E-state index in [0.717, 1.165) is 71.4 Å². The van der Waals surface area contributed by atoms with E-state index < -0.39 is 0 Å². The van der Waals surface area contributed by atoms with Gasteiger partial charge in [-0.15, -0.1) is 0 Å². The molecule has 7 heteroatoms. The van der Waals surface area contributed by atoms with Gasteiger partial charge in [0.1, 0.15) is 5.82 Å². The molecule has 1 aromatic carbocycles. The third-order valence-electron chi connectivity index (χ3n) is 7.35. The molecule has 0 atom stereocenters. The number of likely N-dealkylation sites (tertiary alicyclic amines) is 2. The Labute approximate surface area is 185 Å². The largest absolute Gasteiger partial charge is 0.449 e. The highest BCUT2D eigenvalue weighted by atomic mass is 19.1. The summed E-state index contributed by atoms with van der Waals surface area (Å²) in [6.07, 6.45) is 4.78. The maximum atomic E-state index is 14.1. The third kappa shape index (κ3) is 4.67. The lowest BCUT2D eigenvalue weighted by Gasteiger charge is -2.45. The van der Waals surface area contributed by atoms with Crippen LogP contribution in [0.25, 0.3) is 0 Å². The van der Waals surface area contributed by atoms with Crippen molar-refractivity contribution in [1.82, 2.24) is 9.80 Å². The van der Waals surface area contributed by atoms with Crippen molar-refractivity contribution in [1.29, 1.82) is 0 Å². The molecule has 1 aromatic rings. The van der Waals surface area contributed by atoms with Crippen molar-refractivity contribution in [3.8, 4) is 0 Å². The number of hydrogen-bond acceptors (Lipinski definition) is 5. The van der Waals surface area contributed by atoms with Crippen molar-refractivity contribution in [2.75, 3.05) is 64.5 Å². The van der Waals surface area contributed by atoms with E-state index in [1.54, 1.807) is 19.2 Å². The highest BCUT2D eigenvalue weighted by Crippen LogP contribution is 2.47. The van der Waals surface area contributed by atoms with Crippen molar-refractivity contribution < 1.29 is 18.7 Å². The topological polar surface area (TPSA) is 45.2 Å². The Morgan fingerprint density at radius 1 is 1.16 bits per heavy atom. The molecule has 0 unspecified atom stereocenters. The van der Waals surface area contributed by atoms with Gasteiger partial charge in [0.05, 0.1) is 13.2 Å². The first-order chi connectivity index (χ1) is 15.1. The van der Waals surface area contributed by atoms with Crippen LogP contribution in [0.2, 0.25) is 0 Å². The number of carbonyl (C=O) groups excluding carboxylic acids is 1. The van der Waals surface area contributed by atoms with Gasteiger partial charge in [-0.2, -0.15) is 0 Å². The van der Waals surface area contributed by atoms with Crippen LogP contribution in [0.15, 0.2) is 18.2 Å². The lowest BCUT2D eigenvalue weighted by molar-refractivity contribution is 0.0562. The van der Waals surface area contributed by atoms with E-state index >= 15 is 0 Å². The summed E-state index contributed by atoms with van der Waals surface area (Å²) in [6, 6.07) is 5.80. The Morgan fingerprint density at radius 2 is 1.90 bits per heavy atom. The zero-order valence-corrected chi connectivity index (χ0v) is 18.9. The van der Waals surface area contributed by atoms with Crippen LogP contribution >= 0.6 is 0 Å². The number of rotatable bonds is 6. The van der Waals surface area contributed by atoms with Gasteiger partial charge in [-0.3, -0.25) is 0 Å². The van der Waals surface area contributed by atoms with Crippen molar-refractivity contribution in [3.05, 3.63) is 29.6 Å². The number of ether oxygens (including phenoxy) is 2. The number of carbonyl (C=O) groups is 1. The van der Waals surface area contributed by atoms with Gasteiger partial charge in [-0.1, -0.05) is 6.92 Å². The quantitative estimate of drug-likeness (QED) is 0.686. The molecule has 1 amide bonds. The molecule has 0 bridgehead atoms. The van der Waals surface area contributed by atoms with Crippen LogP contribution in [0, 0.1) is 5.82 Å². The van der Waals surface area contributed by atoms with Gasteiger partial charge in [0, 0.05) is 50.4 Å². The predicted molar refractivity (Wildman–Crippen MR) is 119 cm³/mol. The minimum absolute atomic E-state index is 0.0341. The van der Waals surface area contributed by atoms with Crippen LogP contribution in [-0.2, 0) is 14.9 Å². The van der Waals surface area contributed by atoms with E-state index in [2.05, 4.69) is 9.80 Å². The second-order valence-corrected chi connectivity index (χ2v) is 9.22. The standard InChI is InChI=1S/C24H36FN3O3/c1-3-15-31-23(29)27-10-6-20(7-11-27)26-12-8-24(9-13-26)18-28(14-16-30-2)22-5-4-19(25)17-21(22)24/h4-5,17,20H,3,6-16,18H2,1-2H3. The van der Waals surface area contributed by atoms with Crippen molar-refractivity contribution in [2.24, 2.45) is 0 Å². The maximum Gasteiger partial charge on any atom is 0.409 e. The Morgan fingerprint density at radius 3 is 2.58 bits per heavy atom. The van der Waals surface area contributed by atoms with Gasteiger partial charge in [-0.25, -0.2) is 9.18 Å². The van der Waals surface area contributed by atoms with E-state index in [1.165, 1.54) is 11.3 Å². The first-order valence-corrected chi connectivity index (χ1v) is 11.8. The lowest BCUT2D eigenvalue weighted by atomic mass is 9.74. The van der Waals surface area contributed by atoms with E-state index in [4.69, 9.17) is 9.47 Å². The van der Waals surface area contributed by atoms with Gasteiger partial charge in [-0.05, 0) is 69.0 Å². The zero-order chi connectivity index (χ0) is 21.8. The highest BCUT2D eigenvalue weighted by Gasteiger charge is 2.45. The van der Waals surface area contributed by atoms with Crippen LogP contribution in [0.3, 0.4) is 0 Å². The fraction of sp³-hybridized carbons (Fsp3) is 0.708. The minimum atomic E-state index is -0.168. The molecule has 0 aliphatic carbocycles. The molecule has 0 saturated carbocycles. The van der Waals surface area contributed by atoms with Gasteiger partial charge in [0.25, 0.3) is 0 Å². The molecule has 2 fully saturated rings. The molecule has 0 N–H and O–H groups in total. The molecular formula is C24H36FN3O3. The summed E-state index contributed by atoms with van der Waals surface area (Å²) in [5.74, 6) is -0.142. The Kier molecular flexibility index (Phi) is 7.02. The molecule has 1 spiro atoms. The Hall–Kier alpha value is -1.86. The molecule has 31 heavy (non-hydrogen) atoms. The summed E-state index contributed by atoms with van der Waals surface area (Å²) >= 11 is 0. The molecule has 3 aliphatic heterocycles. The highest BCUT2D eigenvalue weighted by molar-refractivity contribution is 5.67. The van der Waals surface area contributed by atoms with Crippen LogP contribution in [0.1, 0.15) is 44.6 Å². The monoisotopic (exact) mass is 433 g/mol. The van der Waals surface area contributed by atoms with E-state index in [1.807, 2.05) is 17.9 Å². The summed E-state index contributed by atoms with van der Waals surface area (Å²) in [5.41, 5.74) is 2.38. The first kappa shape index (κ1) is 22.3. The van der Waals surface area contributed by atoms with Crippen molar-refractivity contribution in [3.63, 3.8) is 0 Å². The molecule has 172 valence electrons. The fourth-order valence-corrected chi connectivity index (χ4v) is 5.58. The number of halogens is 1. The van der Waals surface area contributed by atoms with Gasteiger partial charge in [0.2, 0.25) is 0 Å². The first-order valence-electron chi connectivity index (χ1n) is 11.8. The number of anilines is 1. The lowest BCUT2D eigenvalue weighted by Crippen LogP contribution is -2.52. The van der Waals surface area contributed by atoms with Crippen LogP contribution in [0.4, 0.5) is 14.9 Å². The zero-order valence-electron chi connectivity index (χ0n) is 18.9. The summed E-state index contributed by atoms with van der Waals surface area (Å²) in [6.45, 7) is 8.57. The third-order valence-corrected chi connectivity index (χ3v) is 7.35. The number of amides is 1. The maximum absolute atomic E-state index is 14.1. The van der Waals surface area contributed by atoms with E-state index in [0.29, 0.717) is 19.3 Å². The summed E-state index contributed by atoms with van der Waals surface area (Å²) in [7, 11) is 1.73. The van der Waals surface area contributed by atoms with Crippen molar-refractivity contribution in [2.45, 2.75) is 50.5 Å². The van der Waals surface area contributed by atoms with Crippen LogP contribution < -0.4 is 4.90 Å². The minimum Gasteiger partial charge on any atom is -0.449 e. The number of methoxy groups -OCH3 is 1. The average Bonchev–Trinajstić information content (AvgIpc) is 3.09. The second kappa shape index (κ2) is 9.74. The van der Waals surface area contributed by atoms with Crippen LogP contribution in [-0.4, -0.2) is 81.5 Å². The summed E-state index contributed by atoms with van der Waals surface area (Å²) < 4.78 is 24.7. The SMILES string of the molecule is CCCOC(=O)N1CCC(N2CCC3(CC2)CN(CCOC)c2ccc(F)cc23)CC1. The number of benzene rings is 1. The van der Waals surface area contributed by atoms with Crippen LogP contribution in [0.5, 0.6) is 0 Å². The molecule has 3 heterocycles. The van der Waals surface area contributed by atoms with Gasteiger partial charge in [0.15, 0.2) is 0 Å². The number of hydrogen-bond donors (Lipinski definition) is 0. The van der Waals surface area contributed by atoms with Gasteiger partial charge >= 0.3 is 6.09 Å². The van der Waals surface area contributed by atoms with Gasteiger partial charge < -0.3 is 24.2 Å². The van der Waals surface area contributed by atoms with Crippen molar-refractivity contribution >= 4 is 11.8 Å². The summed E-state index contributed by atoms with van der Waals surface area (Å²) in [5, 5.41) is 0. The molecule has 3 aliphatic rings. The van der Waals surface area contributed by atoms with E-state index in [-0.39, 0.29) is 17.3 Å². The molecule has 2 saturated heterocycles. The Bertz CT molecular complexity index is 758. The van der Waals surface area contributed by atoms with E-state index in [9.17, 15) is 9.18 Å².